The van der Waals surface area contributed by atoms with Gasteiger partial charge in [-0.2, -0.15) is 0 Å². The van der Waals surface area contributed by atoms with Crippen molar-refractivity contribution in [2.75, 3.05) is 13.2 Å². The first-order valence-corrected chi connectivity index (χ1v) is 10.1. The lowest BCUT2D eigenvalue weighted by Crippen LogP contribution is -2.19. The molecule has 1 aliphatic heterocycles. The molecule has 0 atom stereocenters. The maximum absolute atomic E-state index is 12.3. The van der Waals surface area contributed by atoms with Gasteiger partial charge < -0.3 is 14.8 Å². The number of terminal acetylenes is 1. The Balaban J connectivity index is 1.86. The van der Waals surface area contributed by atoms with Gasteiger partial charge in [0.1, 0.15) is 6.61 Å². The predicted octanol–water partition coefficient (Wildman–Crippen LogP) is 4.95. The number of nitrogens with zero attached hydrogens (tertiary/aromatic N) is 1. The average molecular weight is 427 g/mol. The number of hydrogen-bond donors (Lipinski definition) is 1. The fourth-order valence-corrected chi connectivity index (χ4v) is 3.67. The van der Waals surface area contributed by atoms with Crippen LogP contribution in [0.2, 0.25) is 5.02 Å². The van der Waals surface area contributed by atoms with Crippen LogP contribution in [0.1, 0.15) is 18.1 Å². The molecule has 0 bridgehead atoms. The van der Waals surface area contributed by atoms with Crippen molar-refractivity contribution in [2.45, 2.75) is 13.8 Å². The molecule has 1 heterocycles. The Labute approximate surface area is 179 Å². The minimum absolute atomic E-state index is 0.0807. The Hall–Kier alpha value is -2.88. The summed E-state index contributed by atoms with van der Waals surface area (Å²) in [7, 11) is 0. The highest BCUT2D eigenvalue weighted by Gasteiger charge is 2.24. The van der Waals surface area contributed by atoms with Gasteiger partial charge in [-0.05, 0) is 61.5 Å². The number of rotatable bonds is 6. The molecule has 0 radical (unpaired) electrons. The van der Waals surface area contributed by atoms with Crippen molar-refractivity contribution in [1.29, 1.82) is 0 Å². The Morgan fingerprint density at radius 3 is 2.72 bits per heavy atom. The third-order valence-corrected chi connectivity index (χ3v) is 5.04. The van der Waals surface area contributed by atoms with E-state index in [0.29, 0.717) is 38.8 Å². The molecule has 1 saturated heterocycles. The van der Waals surface area contributed by atoms with Crippen molar-refractivity contribution >= 4 is 46.2 Å². The third-order valence-electron chi connectivity index (χ3n) is 3.84. The average Bonchev–Trinajstić information content (AvgIpc) is 3.02. The van der Waals surface area contributed by atoms with Gasteiger partial charge in [-0.25, -0.2) is 4.99 Å². The van der Waals surface area contributed by atoms with Crippen molar-refractivity contribution in [3.8, 4) is 23.8 Å². The largest absolute Gasteiger partial charge is 0.490 e. The molecule has 7 heteroatoms. The molecular formula is C22H19ClN2O3S. The lowest BCUT2D eigenvalue weighted by atomic mass is 10.2. The number of nitrogens with one attached hydrogen (secondary N) is 1. The molecule has 3 rings (SSSR count). The summed E-state index contributed by atoms with van der Waals surface area (Å²) in [5.41, 5.74) is 2.63. The van der Waals surface area contributed by atoms with Crippen molar-refractivity contribution in [1.82, 2.24) is 5.32 Å². The second-order valence-corrected chi connectivity index (χ2v) is 7.51. The number of benzene rings is 2. The van der Waals surface area contributed by atoms with Crippen LogP contribution in [0.3, 0.4) is 0 Å². The van der Waals surface area contributed by atoms with Crippen molar-refractivity contribution in [3.63, 3.8) is 0 Å². The summed E-state index contributed by atoms with van der Waals surface area (Å²) in [6, 6.07) is 11.2. The van der Waals surface area contributed by atoms with E-state index >= 15 is 0 Å². The molecule has 1 N–H and O–H groups in total. The van der Waals surface area contributed by atoms with E-state index in [1.54, 1.807) is 18.2 Å². The highest BCUT2D eigenvalue weighted by Crippen LogP contribution is 2.38. The SMILES string of the molecule is C#CCOc1c(Cl)cc(/C=C2\SC(=Nc3ccc(C)cc3)NC2=O)cc1OCC. The van der Waals surface area contributed by atoms with Crippen LogP contribution in [0.4, 0.5) is 5.69 Å². The van der Waals surface area contributed by atoms with Crippen LogP contribution in [0.15, 0.2) is 46.3 Å². The zero-order valence-corrected chi connectivity index (χ0v) is 17.6. The molecule has 2 aromatic carbocycles. The molecule has 1 amide bonds. The van der Waals surface area contributed by atoms with Gasteiger partial charge in [-0.3, -0.25) is 4.79 Å². The number of carbonyl (C=O) groups is 1. The summed E-state index contributed by atoms with van der Waals surface area (Å²) < 4.78 is 11.1. The lowest BCUT2D eigenvalue weighted by Gasteiger charge is -2.13. The Morgan fingerprint density at radius 2 is 2.03 bits per heavy atom. The zero-order chi connectivity index (χ0) is 20.8. The fraction of sp³-hybridized carbons (Fsp3) is 0.182. The maximum Gasteiger partial charge on any atom is 0.264 e. The van der Waals surface area contributed by atoms with E-state index in [4.69, 9.17) is 27.5 Å². The summed E-state index contributed by atoms with van der Waals surface area (Å²) >= 11 is 7.61. The maximum atomic E-state index is 12.3. The van der Waals surface area contributed by atoms with E-state index < -0.39 is 0 Å². The summed E-state index contributed by atoms with van der Waals surface area (Å²) in [5, 5.41) is 3.66. The van der Waals surface area contributed by atoms with Crippen molar-refractivity contribution in [2.24, 2.45) is 4.99 Å². The number of halogens is 1. The van der Waals surface area contributed by atoms with Gasteiger partial charge in [0.2, 0.25) is 0 Å². The van der Waals surface area contributed by atoms with E-state index in [-0.39, 0.29) is 12.5 Å². The molecule has 1 fully saturated rings. The van der Waals surface area contributed by atoms with Crippen LogP contribution in [0.5, 0.6) is 11.5 Å². The van der Waals surface area contributed by atoms with Gasteiger partial charge in [0.05, 0.1) is 22.2 Å². The molecule has 0 saturated carbocycles. The second kappa shape index (κ2) is 9.55. The van der Waals surface area contributed by atoms with Gasteiger partial charge >= 0.3 is 0 Å². The second-order valence-electron chi connectivity index (χ2n) is 6.07. The van der Waals surface area contributed by atoms with Gasteiger partial charge in [-0.1, -0.05) is 35.2 Å². The van der Waals surface area contributed by atoms with Crippen LogP contribution < -0.4 is 14.8 Å². The van der Waals surface area contributed by atoms with Gasteiger partial charge in [0.25, 0.3) is 5.91 Å². The molecule has 0 aromatic heterocycles. The Morgan fingerprint density at radius 1 is 1.28 bits per heavy atom. The zero-order valence-electron chi connectivity index (χ0n) is 16.0. The number of hydrogen-bond acceptors (Lipinski definition) is 5. The summed E-state index contributed by atoms with van der Waals surface area (Å²) in [6.07, 6.45) is 6.99. The smallest absolute Gasteiger partial charge is 0.264 e. The van der Waals surface area contributed by atoms with Crippen molar-refractivity contribution in [3.05, 3.63) is 57.5 Å². The molecular weight excluding hydrogens is 408 g/mol. The number of carbonyl (C=O) groups excluding carboxylic acids is 1. The topological polar surface area (TPSA) is 59.9 Å². The highest BCUT2D eigenvalue weighted by molar-refractivity contribution is 8.18. The minimum Gasteiger partial charge on any atom is -0.490 e. The number of amides is 1. The first-order valence-electron chi connectivity index (χ1n) is 8.89. The van der Waals surface area contributed by atoms with E-state index in [0.717, 1.165) is 11.3 Å². The van der Waals surface area contributed by atoms with E-state index in [2.05, 4.69) is 16.2 Å². The molecule has 29 heavy (non-hydrogen) atoms. The normalized spacial score (nSPS) is 16.0. The number of amidine groups is 1. The summed E-state index contributed by atoms with van der Waals surface area (Å²) in [6.45, 7) is 4.38. The number of aryl methyl sites for hydroxylation is 1. The van der Waals surface area contributed by atoms with Crippen molar-refractivity contribution < 1.29 is 14.3 Å². The molecule has 2 aromatic rings. The summed E-state index contributed by atoms with van der Waals surface area (Å²) in [5.74, 6) is 3.04. The van der Waals surface area contributed by atoms with Gasteiger partial charge in [-0.15, -0.1) is 6.42 Å². The molecule has 0 spiro atoms. The minimum atomic E-state index is -0.220. The molecule has 1 aliphatic rings. The first-order chi connectivity index (χ1) is 14.0. The molecule has 0 aliphatic carbocycles. The highest BCUT2D eigenvalue weighted by atomic mass is 35.5. The quantitative estimate of drug-likeness (QED) is 0.524. The molecule has 148 valence electrons. The monoisotopic (exact) mass is 426 g/mol. The number of ether oxygens (including phenoxy) is 2. The Bertz CT molecular complexity index is 1020. The molecule has 0 unspecified atom stereocenters. The third kappa shape index (κ3) is 5.35. The van der Waals surface area contributed by atoms with Crippen LogP contribution in [-0.2, 0) is 4.79 Å². The van der Waals surface area contributed by atoms with Crippen LogP contribution in [0.25, 0.3) is 6.08 Å². The van der Waals surface area contributed by atoms with Crippen LogP contribution >= 0.6 is 23.4 Å². The van der Waals surface area contributed by atoms with Gasteiger partial charge in [0, 0.05) is 0 Å². The number of aliphatic imine (C=N–C) groups is 1. The fourth-order valence-electron chi connectivity index (χ4n) is 2.56. The van der Waals surface area contributed by atoms with Gasteiger partial charge in [0.15, 0.2) is 16.7 Å². The predicted molar refractivity (Wildman–Crippen MR) is 119 cm³/mol. The molecule has 5 nitrogen and oxygen atoms in total. The first kappa shape index (κ1) is 20.8. The Kier molecular flexibility index (Phi) is 6.86. The van der Waals surface area contributed by atoms with E-state index in [1.165, 1.54) is 11.8 Å². The standard InChI is InChI=1S/C22H19ClN2O3S/c1-4-10-28-20-17(23)11-15(12-18(20)27-5-2)13-19-21(26)25-22(29-19)24-16-8-6-14(3)7-9-16/h1,6-9,11-13H,5,10H2,2-3H3,(H,24,25,26)/b19-13-. The van der Waals surface area contributed by atoms with E-state index in [9.17, 15) is 4.79 Å². The number of thioether (sulfide) groups is 1. The van der Waals surface area contributed by atoms with E-state index in [1.807, 2.05) is 38.1 Å². The van der Waals surface area contributed by atoms with Crippen LogP contribution in [0, 0.1) is 19.3 Å². The summed E-state index contributed by atoms with van der Waals surface area (Å²) in [4.78, 5) is 17.3. The lowest BCUT2D eigenvalue weighted by molar-refractivity contribution is -0.115. The van der Waals surface area contributed by atoms with Crippen LogP contribution in [-0.4, -0.2) is 24.3 Å².